The first-order valence-electron chi connectivity index (χ1n) is 11.8. The van der Waals surface area contributed by atoms with Crippen LogP contribution in [0.5, 0.6) is 0 Å². The van der Waals surface area contributed by atoms with Crippen molar-refractivity contribution in [3.05, 3.63) is 135 Å². The van der Waals surface area contributed by atoms with Crippen LogP contribution in [0.2, 0.25) is 10.0 Å². The fourth-order valence-electron chi connectivity index (χ4n) is 5.14. The van der Waals surface area contributed by atoms with Crippen LogP contribution in [0.1, 0.15) is 44.7 Å². The zero-order valence-corrected chi connectivity index (χ0v) is 20.8. The van der Waals surface area contributed by atoms with Crippen LogP contribution in [0.4, 0.5) is 5.69 Å². The summed E-state index contributed by atoms with van der Waals surface area (Å²) in [6, 6.07) is 31.2. The highest BCUT2D eigenvalue weighted by Gasteiger charge is 2.33. The summed E-state index contributed by atoms with van der Waals surface area (Å²) in [5, 5.41) is 9.31. The predicted molar refractivity (Wildman–Crippen MR) is 147 cm³/mol. The van der Waals surface area contributed by atoms with Crippen LogP contribution in [-0.4, -0.2) is 17.4 Å². The van der Waals surface area contributed by atoms with Gasteiger partial charge in [-0.1, -0.05) is 71.7 Å². The van der Waals surface area contributed by atoms with Crippen molar-refractivity contribution in [1.82, 2.24) is 10.3 Å². The van der Waals surface area contributed by atoms with E-state index in [1.807, 2.05) is 42.5 Å². The van der Waals surface area contributed by atoms with Gasteiger partial charge in [0.25, 0.3) is 5.91 Å². The van der Waals surface area contributed by atoms with Crippen molar-refractivity contribution >= 4 is 45.7 Å². The smallest absolute Gasteiger partial charge is 0.255 e. The number of amides is 1. The first-order chi connectivity index (χ1) is 17.6. The van der Waals surface area contributed by atoms with Crippen molar-refractivity contribution in [2.24, 2.45) is 0 Å². The number of carbonyl (C=O) groups is 1. The Labute approximate surface area is 219 Å². The molecule has 0 saturated heterocycles. The number of nitrogens with one attached hydrogen (secondary N) is 3. The van der Waals surface area contributed by atoms with E-state index in [2.05, 4.69) is 45.9 Å². The fourth-order valence-corrected chi connectivity index (χ4v) is 5.53. The maximum absolute atomic E-state index is 12.8. The van der Waals surface area contributed by atoms with Crippen molar-refractivity contribution in [3.63, 3.8) is 0 Å². The van der Waals surface area contributed by atoms with Gasteiger partial charge in [0.15, 0.2) is 0 Å². The third-order valence-electron chi connectivity index (χ3n) is 6.80. The Morgan fingerprint density at radius 3 is 2.47 bits per heavy atom. The second kappa shape index (κ2) is 9.47. The second-order valence-electron chi connectivity index (χ2n) is 9.00. The lowest BCUT2D eigenvalue weighted by atomic mass is 9.83. The van der Waals surface area contributed by atoms with Crippen molar-refractivity contribution in [1.29, 1.82) is 0 Å². The van der Waals surface area contributed by atoms with Gasteiger partial charge in [-0.3, -0.25) is 4.79 Å². The highest BCUT2D eigenvalue weighted by Crippen LogP contribution is 2.43. The number of aromatic nitrogens is 1. The Kier molecular flexibility index (Phi) is 6.02. The number of H-pyrrole nitrogens is 1. The number of para-hydroxylation sites is 1. The average molecular weight is 512 g/mol. The maximum atomic E-state index is 12.8. The lowest BCUT2D eigenvalue weighted by Crippen LogP contribution is -2.34. The molecule has 0 saturated carbocycles. The molecule has 3 N–H and O–H groups in total. The maximum Gasteiger partial charge on any atom is 0.255 e. The molecule has 4 nitrogen and oxygen atoms in total. The van der Waals surface area contributed by atoms with Crippen LogP contribution in [0, 0.1) is 0 Å². The summed E-state index contributed by atoms with van der Waals surface area (Å²) >= 11 is 12.6. The largest absolute Gasteiger partial charge is 0.357 e. The molecule has 1 aromatic heterocycles. The molecule has 0 unspecified atom stereocenters. The number of carbonyl (C=O) groups excluding carboxylic acids is 1. The summed E-state index contributed by atoms with van der Waals surface area (Å²) in [5.74, 6) is -0.0561. The van der Waals surface area contributed by atoms with E-state index in [0.29, 0.717) is 10.6 Å². The SMILES string of the molecule is O=C(Nc1cccc([C@H]2NC[C@H](c3ccccc3Cl)c3c2[nH]c2ccccc32)c1)c1ccc(Cl)cc1. The number of fused-ring (bicyclic) bond motifs is 3. The van der Waals surface area contributed by atoms with Gasteiger partial charge >= 0.3 is 0 Å². The second-order valence-corrected chi connectivity index (χ2v) is 9.84. The molecule has 2 heterocycles. The number of anilines is 1. The van der Waals surface area contributed by atoms with Gasteiger partial charge in [0.2, 0.25) is 0 Å². The van der Waals surface area contributed by atoms with E-state index in [9.17, 15) is 4.79 Å². The standard InChI is InChI=1S/C30H23Cl2N3O/c31-20-14-12-18(13-15-20)30(36)34-21-7-5-6-19(16-21)28-29-27(23-9-2-4-11-26(23)35-29)24(17-33-28)22-8-1-3-10-25(22)32/h1-16,24,28,33,35H,17H2,(H,34,36)/t24-,28-/m1/s1. The van der Waals surface area contributed by atoms with E-state index >= 15 is 0 Å². The molecule has 6 heteroatoms. The fraction of sp³-hybridized carbons (Fsp3) is 0.100. The molecule has 0 spiro atoms. The molecular weight excluding hydrogens is 489 g/mol. The predicted octanol–water partition coefficient (Wildman–Crippen LogP) is 7.55. The van der Waals surface area contributed by atoms with E-state index in [4.69, 9.17) is 23.2 Å². The van der Waals surface area contributed by atoms with E-state index in [0.717, 1.165) is 39.6 Å². The van der Waals surface area contributed by atoms with Crippen LogP contribution < -0.4 is 10.6 Å². The highest BCUT2D eigenvalue weighted by atomic mass is 35.5. The Morgan fingerprint density at radius 2 is 1.64 bits per heavy atom. The molecule has 178 valence electrons. The molecule has 2 atom stereocenters. The minimum Gasteiger partial charge on any atom is -0.357 e. The van der Waals surface area contributed by atoms with Gasteiger partial charge in [-0.25, -0.2) is 0 Å². The molecular formula is C30H23Cl2N3O. The van der Waals surface area contributed by atoms with Crippen molar-refractivity contribution < 1.29 is 4.79 Å². The number of hydrogen-bond donors (Lipinski definition) is 3. The zero-order valence-electron chi connectivity index (χ0n) is 19.3. The first kappa shape index (κ1) is 22.9. The monoisotopic (exact) mass is 511 g/mol. The van der Waals surface area contributed by atoms with Crippen molar-refractivity contribution in [3.8, 4) is 0 Å². The van der Waals surface area contributed by atoms with Gasteiger partial charge < -0.3 is 15.6 Å². The molecule has 6 rings (SSSR count). The molecule has 4 aromatic carbocycles. The van der Waals surface area contributed by atoms with E-state index < -0.39 is 0 Å². The molecule has 0 bridgehead atoms. The van der Waals surface area contributed by atoms with Gasteiger partial charge in [-0.2, -0.15) is 0 Å². The lowest BCUT2D eigenvalue weighted by molar-refractivity contribution is 0.102. The quantitative estimate of drug-likeness (QED) is 0.233. The molecule has 36 heavy (non-hydrogen) atoms. The lowest BCUT2D eigenvalue weighted by Gasteiger charge is -2.32. The Bertz CT molecular complexity index is 1580. The van der Waals surface area contributed by atoms with E-state index in [1.54, 1.807) is 24.3 Å². The van der Waals surface area contributed by atoms with Gasteiger partial charge in [-0.15, -0.1) is 0 Å². The summed E-state index contributed by atoms with van der Waals surface area (Å²) in [5.41, 5.74) is 6.95. The van der Waals surface area contributed by atoms with Crippen molar-refractivity contribution in [2.75, 3.05) is 11.9 Å². The van der Waals surface area contributed by atoms with Gasteiger partial charge in [0, 0.05) is 50.4 Å². The molecule has 1 aliphatic heterocycles. The Balaban J connectivity index is 1.38. The van der Waals surface area contributed by atoms with Crippen LogP contribution in [0.3, 0.4) is 0 Å². The van der Waals surface area contributed by atoms with Crippen molar-refractivity contribution in [2.45, 2.75) is 12.0 Å². The minimum atomic E-state index is -0.175. The molecule has 1 aliphatic rings. The Hall–Kier alpha value is -3.57. The third-order valence-corrected chi connectivity index (χ3v) is 7.40. The summed E-state index contributed by atoms with van der Waals surface area (Å²) in [4.78, 5) is 16.4. The normalized spacial score (nSPS) is 17.1. The zero-order chi connectivity index (χ0) is 24.6. The summed E-state index contributed by atoms with van der Waals surface area (Å²) < 4.78 is 0. The molecule has 0 aliphatic carbocycles. The van der Waals surface area contributed by atoms with Crippen LogP contribution in [-0.2, 0) is 0 Å². The number of benzene rings is 4. The third kappa shape index (κ3) is 4.18. The Morgan fingerprint density at radius 1 is 0.861 bits per heavy atom. The minimum absolute atomic E-state index is 0.0569. The van der Waals surface area contributed by atoms with E-state index in [-0.39, 0.29) is 17.9 Å². The average Bonchev–Trinajstić information content (AvgIpc) is 3.29. The summed E-state index contributed by atoms with van der Waals surface area (Å²) in [6.45, 7) is 0.741. The first-order valence-corrected chi connectivity index (χ1v) is 12.6. The van der Waals surface area contributed by atoms with Gasteiger partial charge in [0.1, 0.15) is 0 Å². The van der Waals surface area contributed by atoms with E-state index in [1.165, 1.54) is 10.9 Å². The van der Waals surface area contributed by atoms with Crippen LogP contribution in [0.15, 0.2) is 97.1 Å². The van der Waals surface area contributed by atoms with Crippen LogP contribution in [0.25, 0.3) is 10.9 Å². The number of hydrogen-bond acceptors (Lipinski definition) is 2. The molecule has 5 aromatic rings. The van der Waals surface area contributed by atoms with Gasteiger partial charge in [0.05, 0.1) is 6.04 Å². The molecule has 0 radical (unpaired) electrons. The van der Waals surface area contributed by atoms with Crippen LogP contribution >= 0.6 is 23.2 Å². The molecule has 1 amide bonds. The topological polar surface area (TPSA) is 56.9 Å². The number of rotatable bonds is 4. The van der Waals surface area contributed by atoms with Gasteiger partial charge in [-0.05, 0) is 65.2 Å². The summed E-state index contributed by atoms with van der Waals surface area (Å²) in [6.07, 6.45) is 0. The molecule has 0 fully saturated rings. The highest BCUT2D eigenvalue weighted by molar-refractivity contribution is 6.31. The summed E-state index contributed by atoms with van der Waals surface area (Å²) in [7, 11) is 0. The number of halogens is 2. The number of aromatic amines is 1.